The number of H-pyrrole nitrogens is 1. The second kappa shape index (κ2) is 9.89. The number of hydrogen-bond donors (Lipinski definition) is 2. The number of likely N-dealkylation sites (tertiary alicyclic amines) is 1. The van der Waals surface area contributed by atoms with Crippen LogP contribution >= 0.6 is 0 Å². The number of aromatic nitrogens is 2. The summed E-state index contributed by atoms with van der Waals surface area (Å²) < 4.78 is 20.7. The lowest BCUT2D eigenvalue weighted by Crippen LogP contribution is -2.46. The molecule has 1 aromatic carbocycles. The van der Waals surface area contributed by atoms with Gasteiger partial charge in [-0.25, -0.2) is 9.37 Å². The number of ether oxygens (including phenoxy) is 1. The summed E-state index contributed by atoms with van der Waals surface area (Å²) in [5, 5.41) is 0.821. The van der Waals surface area contributed by atoms with Crippen molar-refractivity contribution >= 4 is 16.9 Å². The van der Waals surface area contributed by atoms with Crippen molar-refractivity contribution < 1.29 is 13.9 Å². The first-order chi connectivity index (χ1) is 15.8. The summed E-state index contributed by atoms with van der Waals surface area (Å²) in [6.07, 6.45) is 5.90. The number of piperidine rings is 1. The maximum absolute atomic E-state index is 14.8. The third-order valence-corrected chi connectivity index (χ3v) is 6.47. The summed E-state index contributed by atoms with van der Waals surface area (Å²) in [4.78, 5) is 24.1. The van der Waals surface area contributed by atoms with Crippen LogP contribution in [-0.2, 0) is 11.2 Å². The fraction of sp³-hybridized carbons (Fsp3) is 0.440. The van der Waals surface area contributed by atoms with Crippen molar-refractivity contribution in [2.24, 2.45) is 11.7 Å². The summed E-state index contributed by atoms with van der Waals surface area (Å²) in [6, 6.07) is 5.73. The van der Waals surface area contributed by atoms with Crippen molar-refractivity contribution in [2.75, 3.05) is 33.7 Å². The maximum Gasteiger partial charge on any atom is 0.239 e. The fourth-order valence-electron chi connectivity index (χ4n) is 4.49. The molecule has 1 aliphatic rings. The van der Waals surface area contributed by atoms with Crippen LogP contribution in [0.5, 0.6) is 11.5 Å². The van der Waals surface area contributed by atoms with E-state index in [0.29, 0.717) is 29.4 Å². The zero-order valence-electron chi connectivity index (χ0n) is 19.5. The number of hydrogen-bond acceptors (Lipinski definition) is 5. The van der Waals surface area contributed by atoms with E-state index in [-0.39, 0.29) is 18.1 Å². The number of nitrogens with zero attached hydrogens (tertiary/aromatic N) is 3. The molecular weight excluding hydrogens is 421 g/mol. The third-order valence-electron chi connectivity index (χ3n) is 6.47. The Morgan fingerprint density at radius 1 is 1.33 bits per heavy atom. The Morgan fingerprint density at radius 3 is 2.82 bits per heavy atom. The molecule has 3 N–H and O–H groups in total. The monoisotopic (exact) mass is 453 g/mol. The lowest BCUT2D eigenvalue weighted by atomic mass is 9.96. The number of rotatable bonds is 7. The van der Waals surface area contributed by atoms with Crippen molar-refractivity contribution in [1.29, 1.82) is 0 Å². The third kappa shape index (κ3) is 5.34. The molecule has 1 amide bonds. The molecule has 0 radical (unpaired) electrons. The van der Waals surface area contributed by atoms with Gasteiger partial charge < -0.3 is 25.3 Å². The van der Waals surface area contributed by atoms with Gasteiger partial charge in [0.15, 0.2) is 11.6 Å². The highest BCUT2D eigenvalue weighted by Crippen LogP contribution is 2.32. The number of aromatic amines is 1. The molecule has 0 aliphatic carbocycles. The fourth-order valence-corrected chi connectivity index (χ4v) is 4.49. The molecule has 3 heterocycles. The zero-order valence-corrected chi connectivity index (χ0v) is 19.5. The molecule has 1 fully saturated rings. The average molecular weight is 454 g/mol. The topological polar surface area (TPSA) is 87.5 Å². The van der Waals surface area contributed by atoms with Gasteiger partial charge in [-0.05, 0) is 81.6 Å². The van der Waals surface area contributed by atoms with Gasteiger partial charge in [0.1, 0.15) is 11.4 Å². The lowest BCUT2D eigenvalue weighted by molar-refractivity contribution is -0.132. The number of pyridine rings is 1. The molecule has 33 heavy (non-hydrogen) atoms. The van der Waals surface area contributed by atoms with Gasteiger partial charge in [0.2, 0.25) is 5.91 Å². The number of likely N-dealkylation sites (N-methyl/N-ethyl adjacent to an activating group) is 1. The first kappa shape index (κ1) is 23.2. The van der Waals surface area contributed by atoms with Gasteiger partial charge in [0.05, 0.1) is 11.4 Å². The Kier molecular flexibility index (Phi) is 6.95. The van der Waals surface area contributed by atoms with Crippen LogP contribution in [0.3, 0.4) is 0 Å². The molecule has 1 unspecified atom stereocenters. The largest absolute Gasteiger partial charge is 0.453 e. The Morgan fingerprint density at radius 2 is 2.09 bits per heavy atom. The van der Waals surface area contributed by atoms with E-state index in [2.05, 4.69) is 21.9 Å². The van der Waals surface area contributed by atoms with Crippen molar-refractivity contribution in [3.8, 4) is 11.5 Å². The van der Waals surface area contributed by atoms with Crippen LogP contribution in [0.2, 0.25) is 0 Å². The SMILES string of the molecule is Cc1c[nH]c2nccc(Oc3ccc(CC(N)C(=O)N(C)CC4CCN(C)CC4)cc3F)c12. The molecule has 2 aromatic heterocycles. The number of fused-ring (bicyclic) bond motifs is 1. The Labute approximate surface area is 193 Å². The van der Waals surface area contributed by atoms with E-state index in [1.165, 1.54) is 6.07 Å². The lowest BCUT2D eigenvalue weighted by Gasteiger charge is -2.32. The number of aryl methyl sites for hydroxylation is 1. The summed E-state index contributed by atoms with van der Waals surface area (Å²) in [6.45, 7) is 4.76. The minimum atomic E-state index is -0.713. The highest BCUT2D eigenvalue weighted by atomic mass is 19.1. The van der Waals surface area contributed by atoms with Crippen LogP contribution in [-0.4, -0.2) is 65.4 Å². The van der Waals surface area contributed by atoms with E-state index in [1.807, 2.05) is 13.1 Å². The normalized spacial score (nSPS) is 16.2. The first-order valence-corrected chi connectivity index (χ1v) is 11.4. The predicted molar refractivity (Wildman–Crippen MR) is 127 cm³/mol. The van der Waals surface area contributed by atoms with Gasteiger partial charge in [-0.1, -0.05) is 6.07 Å². The second-order valence-electron chi connectivity index (χ2n) is 9.15. The second-order valence-corrected chi connectivity index (χ2v) is 9.15. The van der Waals surface area contributed by atoms with E-state index in [0.717, 1.165) is 36.9 Å². The van der Waals surface area contributed by atoms with E-state index in [4.69, 9.17) is 10.5 Å². The predicted octanol–water partition coefficient (Wildman–Crippen LogP) is 3.47. The van der Waals surface area contributed by atoms with Gasteiger partial charge in [-0.15, -0.1) is 0 Å². The van der Waals surface area contributed by atoms with Crippen LogP contribution in [0.1, 0.15) is 24.0 Å². The number of amides is 1. The van der Waals surface area contributed by atoms with Crippen molar-refractivity contribution in [2.45, 2.75) is 32.2 Å². The number of benzene rings is 1. The van der Waals surface area contributed by atoms with Crippen LogP contribution in [0, 0.1) is 18.7 Å². The summed E-state index contributed by atoms with van der Waals surface area (Å²) in [5.74, 6) is 0.542. The number of nitrogens with one attached hydrogen (secondary N) is 1. The quantitative estimate of drug-likeness (QED) is 0.572. The Hall–Kier alpha value is -2.97. The Bertz CT molecular complexity index is 1120. The first-order valence-electron chi connectivity index (χ1n) is 11.4. The number of halogens is 1. The van der Waals surface area contributed by atoms with Crippen LogP contribution in [0.25, 0.3) is 11.0 Å². The van der Waals surface area contributed by atoms with E-state index >= 15 is 0 Å². The van der Waals surface area contributed by atoms with Crippen molar-refractivity contribution in [1.82, 2.24) is 19.8 Å². The summed E-state index contributed by atoms with van der Waals surface area (Å²) >= 11 is 0. The van der Waals surface area contributed by atoms with E-state index < -0.39 is 11.9 Å². The molecule has 0 spiro atoms. The minimum Gasteiger partial charge on any atom is -0.453 e. The summed E-state index contributed by atoms with van der Waals surface area (Å²) in [5.41, 5.74) is 8.51. The molecule has 1 atom stereocenters. The van der Waals surface area contributed by atoms with Gasteiger partial charge >= 0.3 is 0 Å². The van der Waals surface area contributed by atoms with Gasteiger partial charge in [-0.2, -0.15) is 0 Å². The van der Waals surface area contributed by atoms with Gasteiger partial charge in [0.25, 0.3) is 0 Å². The van der Waals surface area contributed by atoms with E-state index in [1.54, 1.807) is 36.3 Å². The molecule has 4 rings (SSSR count). The smallest absolute Gasteiger partial charge is 0.239 e. The average Bonchev–Trinajstić information content (AvgIpc) is 3.18. The molecule has 8 heteroatoms. The molecule has 3 aromatic rings. The van der Waals surface area contributed by atoms with E-state index in [9.17, 15) is 9.18 Å². The number of nitrogens with two attached hydrogens (primary N) is 1. The van der Waals surface area contributed by atoms with Crippen molar-refractivity contribution in [3.63, 3.8) is 0 Å². The summed E-state index contributed by atoms with van der Waals surface area (Å²) in [7, 11) is 3.92. The molecule has 0 bridgehead atoms. The minimum absolute atomic E-state index is 0.114. The maximum atomic E-state index is 14.8. The molecule has 1 aliphatic heterocycles. The number of carbonyl (C=O) groups is 1. The van der Waals surface area contributed by atoms with Crippen LogP contribution in [0.15, 0.2) is 36.7 Å². The molecular formula is C25H32FN5O2. The Balaban J connectivity index is 1.38. The van der Waals surface area contributed by atoms with Crippen molar-refractivity contribution in [3.05, 3.63) is 53.6 Å². The zero-order chi connectivity index (χ0) is 23.5. The number of carbonyl (C=O) groups excluding carboxylic acids is 1. The van der Waals surface area contributed by atoms with Crippen LogP contribution < -0.4 is 10.5 Å². The van der Waals surface area contributed by atoms with Crippen LogP contribution in [0.4, 0.5) is 4.39 Å². The van der Waals surface area contributed by atoms with Gasteiger partial charge in [0, 0.05) is 26.0 Å². The molecule has 1 saturated heterocycles. The molecule has 7 nitrogen and oxygen atoms in total. The highest BCUT2D eigenvalue weighted by Gasteiger charge is 2.24. The highest BCUT2D eigenvalue weighted by molar-refractivity contribution is 5.86. The van der Waals surface area contributed by atoms with Gasteiger partial charge in [-0.3, -0.25) is 4.79 Å². The molecule has 176 valence electrons. The molecule has 0 saturated carbocycles. The standard InChI is InChI=1S/C25H32FN5O2/c1-16-14-29-24-23(16)22(6-9-28-24)33-21-5-4-18(12-19(21)26)13-20(27)25(32)31(3)15-17-7-10-30(2)11-8-17/h4-6,9,12,14,17,20H,7-8,10-11,13,15,27H2,1-3H3,(H,28,29).